The van der Waals surface area contributed by atoms with Crippen LogP contribution in [-0.4, -0.2) is 14.7 Å². The van der Waals surface area contributed by atoms with E-state index in [4.69, 9.17) is 19.2 Å². The summed E-state index contributed by atoms with van der Waals surface area (Å²) in [4.78, 5) is 21.6. The van der Waals surface area contributed by atoms with Crippen LogP contribution < -0.4 is 0 Å². The summed E-state index contributed by atoms with van der Waals surface area (Å²) in [5, 5.41) is 0. The minimum Gasteiger partial charge on any atom is -0.303 e. The Kier molecular flexibility index (Phi) is 12.8. The maximum atomic E-state index is 8.88. The van der Waals surface area contributed by atoms with Gasteiger partial charge in [-0.05, 0) is 0 Å². The van der Waals surface area contributed by atoms with Crippen LogP contribution in [0.3, 0.4) is 0 Å². The molecule has 0 saturated heterocycles. The van der Waals surface area contributed by atoms with E-state index in [1.165, 1.54) is 0 Å². The Balaban J connectivity index is -0.0000000800. The van der Waals surface area contributed by atoms with Crippen molar-refractivity contribution in [2.75, 3.05) is 0 Å². The molecule has 7 heteroatoms. The third-order valence-corrected chi connectivity index (χ3v) is 0. The summed E-state index contributed by atoms with van der Waals surface area (Å²) >= 11 is 0. The van der Waals surface area contributed by atoms with E-state index in [2.05, 4.69) is 0 Å². The van der Waals surface area contributed by atoms with Gasteiger partial charge in [0.1, 0.15) is 0 Å². The van der Waals surface area contributed by atoms with Gasteiger partial charge in [0.25, 0.3) is 0 Å². The zero-order valence-electron chi connectivity index (χ0n) is 3.20. The number of rotatable bonds is 0. The van der Waals surface area contributed by atoms with Crippen molar-refractivity contribution in [1.29, 1.82) is 0 Å². The molecule has 0 saturated carbocycles. The van der Waals surface area contributed by atoms with Crippen LogP contribution in [0.2, 0.25) is 0 Å². The van der Waals surface area contributed by atoms with Crippen LogP contribution in [0.4, 0.5) is 0 Å². The predicted molar refractivity (Wildman–Crippen MR) is 14.3 cm³/mol. The summed E-state index contributed by atoms with van der Waals surface area (Å²) in [6.07, 6.45) is 0. The van der Waals surface area contributed by atoms with Gasteiger partial charge >= 0.3 is 7.82 Å². The standard InChI is InChI=1S/H3O4P.2Ti/c1-5(2,3)4;;/h(H3,1,2,3,4);;. The summed E-state index contributed by atoms with van der Waals surface area (Å²) in [7, 11) is -4.64. The molecule has 0 heterocycles. The molecule has 40 valence electrons. The SMILES string of the molecule is O=P(O)(O)O.[Ti].[Ti]. The third kappa shape index (κ3) is 97.7. The van der Waals surface area contributed by atoms with Gasteiger partial charge < -0.3 is 14.7 Å². The Labute approximate surface area is 70.3 Å². The minimum atomic E-state index is -4.64. The number of hydrogen-bond acceptors (Lipinski definition) is 1. The molecule has 0 aliphatic carbocycles. The van der Waals surface area contributed by atoms with Crippen molar-refractivity contribution < 1.29 is 62.7 Å². The Bertz CT molecular complexity index is 55.8. The van der Waals surface area contributed by atoms with Crippen LogP contribution in [0.1, 0.15) is 0 Å². The topological polar surface area (TPSA) is 77.8 Å². The molecule has 0 atom stereocenters. The van der Waals surface area contributed by atoms with Gasteiger partial charge in [-0.15, -0.1) is 0 Å². The predicted octanol–water partition coefficient (Wildman–Crippen LogP) is -0.934. The molecule has 3 N–H and O–H groups in total. The Morgan fingerprint density at radius 1 is 1.00 bits per heavy atom. The van der Waals surface area contributed by atoms with Crippen LogP contribution in [0, 0.1) is 0 Å². The molecule has 0 aromatic rings. The molecular weight excluding hydrogens is 191 g/mol. The van der Waals surface area contributed by atoms with Crippen LogP contribution in [0.25, 0.3) is 0 Å². The molecule has 4 nitrogen and oxygen atoms in total. The molecule has 0 rings (SSSR count). The van der Waals surface area contributed by atoms with Gasteiger partial charge in [0.2, 0.25) is 0 Å². The molecule has 0 amide bonds. The van der Waals surface area contributed by atoms with Crippen molar-refractivity contribution in [3.8, 4) is 0 Å². The van der Waals surface area contributed by atoms with Gasteiger partial charge in [-0.1, -0.05) is 0 Å². The second-order valence-electron chi connectivity index (χ2n) is 0.513. The van der Waals surface area contributed by atoms with Crippen molar-refractivity contribution in [2.24, 2.45) is 0 Å². The summed E-state index contributed by atoms with van der Waals surface area (Å²) in [6, 6.07) is 0. The van der Waals surface area contributed by atoms with E-state index >= 15 is 0 Å². The molecular formula is H3O4PTi2. The number of hydrogen-bond donors (Lipinski definition) is 3. The van der Waals surface area contributed by atoms with E-state index in [1.807, 2.05) is 0 Å². The Morgan fingerprint density at radius 3 is 1.00 bits per heavy atom. The van der Waals surface area contributed by atoms with E-state index in [0.717, 1.165) is 0 Å². The molecule has 0 aliphatic rings. The largest absolute Gasteiger partial charge is 0.466 e. The molecule has 0 aliphatic heterocycles. The average Bonchev–Trinajstić information content (AvgIpc) is 0.722. The molecule has 0 fully saturated rings. The van der Waals surface area contributed by atoms with Gasteiger partial charge in [0.05, 0.1) is 0 Å². The summed E-state index contributed by atoms with van der Waals surface area (Å²) in [5.74, 6) is 0. The van der Waals surface area contributed by atoms with Crippen molar-refractivity contribution >= 4 is 7.82 Å². The van der Waals surface area contributed by atoms with Crippen molar-refractivity contribution in [2.45, 2.75) is 0 Å². The van der Waals surface area contributed by atoms with Crippen LogP contribution in [-0.2, 0) is 48.0 Å². The first kappa shape index (κ1) is 15.8. The van der Waals surface area contributed by atoms with E-state index in [-0.39, 0.29) is 43.4 Å². The van der Waals surface area contributed by atoms with Gasteiger partial charge in [0, 0.05) is 43.4 Å². The van der Waals surface area contributed by atoms with Crippen molar-refractivity contribution in [1.82, 2.24) is 0 Å². The summed E-state index contributed by atoms with van der Waals surface area (Å²) < 4.78 is 8.88. The molecule has 0 radical (unpaired) electrons. The van der Waals surface area contributed by atoms with Crippen LogP contribution >= 0.6 is 7.82 Å². The maximum Gasteiger partial charge on any atom is 0.466 e. The quantitative estimate of drug-likeness (QED) is 0.343. The zero-order valence-corrected chi connectivity index (χ0v) is 7.21. The smallest absolute Gasteiger partial charge is 0.303 e. The number of phosphoric acid groups is 1. The monoisotopic (exact) mass is 194 g/mol. The first-order valence-corrected chi connectivity index (χ1v) is 2.35. The van der Waals surface area contributed by atoms with E-state index in [9.17, 15) is 0 Å². The second kappa shape index (κ2) is 5.67. The average molecular weight is 194 g/mol. The normalized spacial score (nSPS) is 8.43. The molecule has 0 bridgehead atoms. The van der Waals surface area contributed by atoms with Crippen LogP contribution in [0.15, 0.2) is 0 Å². The Morgan fingerprint density at radius 2 is 1.00 bits per heavy atom. The Hall–Kier alpha value is 1.54. The fourth-order valence-corrected chi connectivity index (χ4v) is 0. The van der Waals surface area contributed by atoms with Crippen molar-refractivity contribution in [3.63, 3.8) is 0 Å². The zero-order chi connectivity index (χ0) is 4.50. The van der Waals surface area contributed by atoms with E-state index in [1.54, 1.807) is 0 Å². The fraction of sp³-hybridized carbons (Fsp3) is 0. The second-order valence-corrected chi connectivity index (χ2v) is 1.54. The minimum absolute atomic E-state index is 0. The molecule has 0 aromatic heterocycles. The van der Waals surface area contributed by atoms with Gasteiger partial charge in [0.15, 0.2) is 0 Å². The molecule has 0 unspecified atom stereocenters. The van der Waals surface area contributed by atoms with E-state index in [0.29, 0.717) is 0 Å². The first-order chi connectivity index (χ1) is 2.00. The van der Waals surface area contributed by atoms with Gasteiger partial charge in [-0.2, -0.15) is 0 Å². The van der Waals surface area contributed by atoms with Gasteiger partial charge in [-0.3, -0.25) is 0 Å². The van der Waals surface area contributed by atoms with Gasteiger partial charge in [-0.25, -0.2) is 4.57 Å². The summed E-state index contributed by atoms with van der Waals surface area (Å²) in [6.45, 7) is 0. The maximum absolute atomic E-state index is 8.88. The fourth-order valence-electron chi connectivity index (χ4n) is 0. The molecule has 7 heavy (non-hydrogen) atoms. The first-order valence-electron chi connectivity index (χ1n) is 0.783. The third-order valence-electron chi connectivity index (χ3n) is 0. The van der Waals surface area contributed by atoms with Crippen LogP contribution in [0.5, 0.6) is 0 Å². The molecule has 0 aromatic carbocycles. The summed E-state index contributed by atoms with van der Waals surface area (Å²) in [5.41, 5.74) is 0. The van der Waals surface area contributed by atoms with E-state index < -0.39 is 7.82 Å². The molecule has 0 spiro atoms. The van der Waals surface area contributed by atoms with Crippen molar-refractivity contribution in [3.05, 3.63) is 0 Å².